The van der Waals surface area contributed by atoms with Gasteiger partial charge in [0.2, 0.25) is 5.91 Å². The van der Waals surface area contributed by atoms with Crippen LogP contribution in [0.1, 0.15) is 50.3 Å². The zero-order valence-electron chi connectivity index (χ0n) is 17.7. The molecule has 0 aliphatic carbocycles. The van der Waals surface area contributed by atoms with Crippen LogP contribution >= 0.6 is 0 Å². The van der Waals surface area contributed by atoms with Crippen LogP contribution in [0.3, 0.4) is 0 Å². The van der Waals surface area contributed by atoms with Gasteiger partial charge in [-0.25, -0.2) is 0 Å². The average molecular weight is 395 g/mol. The normalized spacial score (nSPS) is 13.4. The van der Waals surface area contributed by atoms with E-state index in [0.717, 1.165) is 24.2 Å². The van der Waals surface area contributed by atoms with Crippen molar-refractivity contribution in [2.75, 3.05) is 18.5 Å². The lowest BCUT2D eigenvalue weighted by Gasteiger charge is -2.30. The van der Waals surface area contributed by atoms with Crippen LogP contribution in [0.15, 0.2) is 42.5 Å². The molecule has 1 N–H and O–H groups in total. The molecule has 0 radical (unpaired) electrons. The highest BCUT2D eigenvalue weighted by molar-refractivity contribution is 5.92. The van der Waals surface area contributed by atoms with Crippen LogP contribution in [0.25, 0.3) is 0 Å². The Hall–Kier alpha value is -2.82. The fourth-order valence-electron chi connectivity index (χ4n) is 3.48. The third-order valence-electron chi connectivity index (χ3n) is 5.22. The molecule has 1 heterocycles. The topological polar surface area (TPSA) is 58.6 Å². The number of nitrogens with zero attached hydrogens (tertiary/aromatic N) is 1. The van der Waals surface area contributed by atoms with E-state index in [1.54, 1.807) is 0 Å². The highest BCUT2D eigenvalue weighted by Crippen LogP contribution is 2.24. The van der Waals surface area contributed by atoms with Crippen LogP contribution in [0.4, 0.5) is 5.69 Å². The first-order valence-electron chi connectivity index (χ1n) is 10.3. The summed E-state index contributed by atoms with van der Waals surface area (Å²) in [6.45, 7) is 9.42. The number of rotatable bonds is 6. The first-order chi connectivity index (χ1) is 13.8. The Labute approximate surface area is 173 Å². The first kappa shape index (κ1) is 20.9. The van der Waals surface area contributed by atoms with Gasteiger partial charge >= 0.3 is 0 Å². The van der Waals surface area contributed by atoms with E-state index in [2.05, 4.69) is 19.2 Å². The fraction of sp³-hybridized carbons (Fsp3) is 0.417. The zero-order chi connectivity index (χ0) is 21.0. The van der Waals surface area contributed by atoms with E-state index < -0.39 is 0 Å². The summed E-state index contributed by atoms with van der Waals surface area (Å²) in [6.07, 6.45) is 0.845. The third kappa shape index (κ3) is 5.37. The second-order valence-electron chi connectivity index (χ2n) is 8.21. The number of amides is 2. The quantitative estimate of drug-likeness (QED) is 0.792. The molecule has 0 bridgehead atoms. The Morgan fingerprint density at radius 1 is 1.03 bits per heavy atom. The van der Waals surface area contributed by atoms with Gasteiger partial charge in [-0.3, -0.25) is 9.59 Å². The Morgan fingerprint density at radius 3 is 2.41 bits per heavy atom. The highest BCUT2D eigenvalue weighted by atomic mass is 16.5. The van der Waals surface area contributed by atoms with Gasteiger partial charge in [0.05, 0.1) is 0 Å². The highest BCUT2D eigenvalue weighted by Gasteiger charge is 2.22. The summed E-state index contributed by atoms with van der Waals surface area (Å²) in [5, 5.41) is 2.89. The predicted octanol–water partition coefficient (Wildman–Crippen LogP) is 4.37. The average Bonchev–Trinajstić information content (AvgIpc) is 2.71. The molecule has 0 aromatic heterocycles. The van der Waals surface area contributed by atoms with Gasteiger partial charge in [0.25, 0.3) is 5.91 Å². The van der Waals surface area contributed by atoms with Gasteiger partial charge in [0, 0.05) is 24.7 Å². The Bertz CT molecular complexity index is 872. The molecule has 0 atom stereocenters. The summed E-state index contributed by atoms with van der Waals surface area (Å²) < 4.78 is 5.60. The van der Waals surface area contributed by atoms with Crippen LogP contribution in [0.2, 0.25) is 0 Å². The molecule has 3 rings (SSSR count). The molecule has 0 fully saturated rings. The van der Waals surface area contributed by atoms with Crippen molar-refractivity contribution >= 4 is 17.5 Å². The minimum absolute atomic E-state index is 0.00816. The van der Waals surface area contributed by atoms with Gasteiger partial charge in [-0.05, 0) is 53.3 Å². The molecule has 0 saturated carbocycles. The molecule has 2 aromatic carbocycles. The minimum Gasteiger partial charge on any atom is -0.484 e. The van der Waals surface area contributed by atoms with Gasteiger partial charge in [-0.2, -0.15) is 0 Å². The van der Waals surface area contributed by atoms with Crippen molar-refractivity contribution in [3.63, 3.8) is 0 Å². The molecule has 0 saturated heterocycles. The molecule has 1 aliphatic heterocycles. The number of ether oxygens (including phenoxy) is 1. The number of carbonyl (C=O) groups excluding carboxylic acids is 2. The van der Waals surface area contributed by atoms with Gasteiger partial charge in [0.1, 0.15) is 5.75 Å². The van der Waals surface area contributed by atoms with Gasteiger partial charge < -0.3 is 15.0 Å². The molecular weight excluding hydrogens is 364 g/mol. The second kappa shape index (κ2) is 9.12. The van der Waals surface area contributed by atoms with Crippen molar-refractivity contribution in [3.8, 4) is 5.75 Å². The lowest BCUT2D eigenvalue weighted by atomic mass is 9.98. The Balaban J connectivity index is 1.57. The summed E-state index contributed by atoms with van der Waals surface area (Å²) in [6, 6.07) is 13.7. The second-order valence-corrected chi connectivity index (χ2v) is 8.21. The van der Waals surface area contributed by atoms with Gasteiger partial charge in [-0.15, -0.1) is 0 Å². The van der Waals surface area contributed by atoms with E-state index in [0.29, 0.717) is 18.2 Å². The number of carbonyl (C=O) groups is 2. The molecule has 154 valence electrons. The van der Waals surface area contributed by atoms with Crippen molar-refractivity contribution in [2.24, 2.45) is 5.92 Å². The van der Waals surface area contributed by atoms with Gasteiger partial charge in [-0.1, -0.05) is 45.9 Å². The number of benzene rings is 2. The summed E-state index contributed by atoms with van der Waals surface area (Å²) >= 11 is 0. The van der Waals surface area contributed by atoms with Crippen LogP contribution < -0.4 is 10.1 Å². The standard InChI is InChI=1S/C24H30N2O3/c1-16(2)18-6-9-22(10-7-18)29-15-23(27)25-21-8-5-19-11-12-26(14-20(19)13-21)24(28)17(3)4/h5-10,13,16-17H,11-12,14-15H2,1-4H3,(H,25,27). The molecule has 2 amide bonds. The molecule has 0 unspecified atom stereocenters. The third-order valence-corrected chi connectivity index (χ3v) is 5.22. The number of hydrogen-bond donors (Lipinski definition) is 1. The van der Waals surface area contributed by atoms with E-state index in [9.17, 15) is 9.59 Å². The fourth-order valence-corrected chi connectivity index (χ4v) is 3.48. The van der Waals surface area contributed by atoms with Crippen molar-refractivity contribution in [2.45, 2.75) is 46.6 Å². The first-order valence-corrected chi connectivity index (χ1v) is 10.3. The van der Waals surface area contributed by atoms with Crippen LogP contribution in [-0.4, -0.2) is 29.9 Å². The van der Waals surface area contributed by atoms with Crippen LogP contribution in [0.5, 0.6) is 5.75 Å². The zero-order valence-corrected chi connectivity index (χ0v) is 17.7. The number of hydrogen-bond acceptors (Lipinski definition) is 3. The summed E-state index contributed by atoms with van der Waals surface area (Å²) in [5.41, 5.74) is 4.29. The minimum atomic E-state index is -0.205. The summed E-state index contributed by atoms with van der Waals surface area (Å²) in [4.78, 5) is 26.5. The van der Waals surface area contributed by atoms with E-state index in [1.807, 2.05) is 61.2 Å². The molecular formula is C24H30N2O3. The Kier molecular flexibility index (Phi) is 6.57. The smallest absolute Gasteiger partial charge is 0.262 e. The van der Waals surface area contributed by atoms with Crippen molar-refractivity contribution in [1.29, 1.82) is 0 Å². The number of anilines is 1. The monoisotopic (exact) mass is 394 g/mol. The maximum atomic E-state index is 12.3. The van der Waals surface area contributed by atoms with Crippen molar-refractivity contribution in [3.05, 3.63) is 59.2 Å². The van der Waals surface area contributed by atoms with Crippen molar-refractivity contribution in [1.82, 2.24) is 4.90 Å². The van der Waals surface area contributed by atoms with Crippen molar-refractivity contribution < 1.29 is 14.3 Å². The maximum Gasteiger partial charge on any atom is 0.262 e. The Morgan fingerprint density at radius 2 is 1.76 bits per heavy atom. The largest absolute Gasteiger partial charge is 0.484 e. The molecule has 2 aromatic rings. The van der Waals surface area contributed by atoms with E-state index in [-0.39, 0.29) is 24.3 Å². The van der Waals surface area contributed by atoms with Gasteiger partial charge in [0.15, 0.2) is 6.61 Å². The molecule has 29 heavy (non-hydrogen) atoms. The SMILES string of the molecule is CC(C)C(=O)N1CCc2ccc(NC(=O)COc3ccc(C(C)C)cc3)cc2C1. The maximum absolute atomic E-state index is 12.3. The van der Waals surface area contributed by atoms with Crippen LogP contribution in [0, 0.1) is 5.92 Å². The molecule has 1 aliphatic rings. The number of nitrogens with one attached hydrogen (secondary N) is 1. The van der Waals surface area contributed by atoms with E-state index >= 15 is 0 Å². The lowest BCUT2D eigenvalue weighted by Crippen LogP contribution is -2.38. The number of fused-ring (bicyclic) bond motifs is 1. The van der Waals surface area contributed by atoms with E-state index in [4.69, 9.17) is 4.74 Å². The summed E-state index contributed by atoms with van der Waals surface area (Å²) in [7, 11) is 0. The van der Waals surface area contributed by atoms with Crippen LogP contribution in [-0.2, 0) is 22.6 Å². The molecule has 5 heteroatoms. The predicted molar refractivity (Wildman–Crippen MR) is 115 cm³/mol. The molecule has 0 spiro atoms. The lowest BCUT2D eigenvalue weighted by molar-refractivity contribution is -0.135. The van der Waals surface area contributed by atoms with E-state index in [1.165, 1.54) is 11.1 Å². The summed E-state index contributed by atoms with van der Waals surface area (Å²) in [5.74, 6) is 1.10. The molecule has 5 nitrogen and oxygen atoms in total.